The molecule has 2 nitrogen and oxygen atoms in total. The first-order chi connectivity index (χ1) is 4.65. The van der Waals surface area contributed by atoms with Crippen LogP contribution < -0.4 is 5.32 Å². The monoisotopic (exact) mass is 179 g/mol. The van der Waals surface area contributed by atoms with Gasteiger partial charge in [0.25, 0.3) is 0 Å². The molecule has 1 aliphatic rings. The zero-order valence-electron chi connectivity index (χ0n) is 7.26. The normalized spacial score (nSPS) is 22.9. The van der Waals surface area contributed by atoms with E-state index in [4.69, 9.17) is 0 Å². The van der Waals surface area contributed by atoms with E-state index >= 15 is 0 Å². The van der Waals surface area contributed by atoms with E-state index in [-0.39, 0.29) is 18.0 Å². The minimum atomic E-state index is -0.384. The molecular formula is C8H18ClNO. The molecule has 0 radical (unpaired) electrons. The molecule has 0 aliphatic carbocycles. The molecule has 11 heavy (non-hydrogen) atoms. The molecule has 0 spiro atoms. The highest BCUT2D eigenvalue weighted by atomic mass is 35.5. The van der Waals surface area contributed by atoms with Crippen molar-refractivity contribution < 1.29 is 5.11 Å². The van der Waals surface area contributed by atoms with Gasteiger partial charge < -0.3 is 10.4 Å². The number of nitrogens with one attached hydrogen (secondary N) is 1. The van der Waals surface area contributed by atoms with Crippen molar-refractivity contribution >= 4 is 12.4 Å². The highest BCUT2D eigenvalue weighted by Gasteiger charge is 2.31. The molecule has 68 valence electrons. The molecule has 0 aromatic heterocycles. The zero-order chi connectivity index (χ0) is 7.61. The lowest BCUT2D eigenvalue weighted by molar-refractivity contribution is -0.0310. The quantitative estimate of drug-likeness (QED) is 0.634. The topological polar surface area (TPSA) is 32.3 Å². The van der Waals surface area contributed by atoms with Crippen LogP contribution in [0.4, 0.5) is 0 Å². The van der Waals surface area contributed by atoms with Crippen molar-refractivity contribution in [1.82, 2.24) is 5.32 Å². The Labute approximate surface area is 74.8 Å². The summed E-state index contributed by atoms with van der Waals surface area (Å²) in [5, 5.41) is 13.1. The van der Waals surface area contributed by atoms with Gasteiger partial charge in [0.1, 0.15) is 0 Å². The van der Waals surface area contributed by atoms with E-state index in [0.717, 1.165) is 25.9 Å². The smallest absolute Gasteiger partial charge is 0.0694 e. The number of halogens is 1. The van der Waals surface area contributed by atoms with Gasteiger partial charge in [-0.15, -0.1) is 12.4 Å². The van der Waals surface area contributed by atoms with Gasteiger partial charge in [0.05, 0.1) is 5.60 Å². The molecule has 0 atom stereocenters. The third-order valence-corrected chi connectivity index (χ3v) is 2.54. The van der Waals surface area contributed by atoms with Crippen LogP contribution in [0.25, 0.3) is 0 Å². The summed E-state index contributed by atoms with van der Waals surface area (Å²) in [6.07, 6.45) is 1.81. The summed E-state index contributed by atoms with van der Waals surface area (Å²) in [4.78, 5) is 0. The van der Waals surface area contributed by atoms with Gasteiger partial charge in [-0.25, -0.2) is 0 Å². The fourth-order valence-corrected chi connectivity index (χ4v) is 1.44. The summed E-state index contributed by atoms with van der Waals surface area (Å²) in [6.45, 7) is 6.11. The molecule has 0 aromatic rings. The van der Waals surface area contributed by atoms with Gasteiger partial charge >= 0.3 is 0 Å². The van der Waals surface area contributed by atoms with E-state index in [9.17, 15) is 5.11 Å². The van der Waals surface area contributed by atoms with E-state index < -0.39 is 0 Å². The lowest BCUT2D eigenvalue weighted by atomic mass is 9.82. The molecular weight excluding hydrogens is 162 g/mol. The Morgan fingerprint density at radius 2 is 1.73 bits per heavy atom. The first kappa shape index (κ1) is 11.2. The highest BCUT2D eigenvalue weighted by Crippen LogP contribution is 2.26. The highest BCUT2D eigenvalue weighted by molar-refractivity contribution is 5.85. The maximum Gasteiger partial charge on any atom is 0.0694 e. The molecule has 3 heteroatoms. The Hall–Kier alpha value is 0.210. The summed E-state index contributed by atoms with van der Waals surface area (Å²) < 4.78 is 0. The second kappa shape index (κ2) is 4.29. The maximum atomic E-state index is 9.91. The molecule has 1 saturated heterocycles. The van der Waals surface area contributed by atoms with E-state index in [1.165, 1.54) is 0 Å². The van der Waals surface area contributed by atoms with Crippen LogP contribution in [0.5, 0.6) is 0 Å². The first-order valence-electron chi connectivity index (χ1n) is 4.08. The molecule has 0 unspecified atom stereocenters. The summed E-state index contributed by atoms with van der Waals surface area (Å²) in [7, 11) is 0. The van der Waals surface area contributed by atoms with Crippen molar-refractivity contribution in [2.24, 2.45) is 5.92 Å². The van der Waals surface area contributed by atoms with Crippen LogP contribution in [0, 0.1) is 5.92 Å². The van der Waals surface area contributed by atoms with Crippen LogP contribution in [-0.2, 0) is 0 Å². The largest absolute Gasteiger partial charge is 0.390 e. The van der Waals surface area contributed by atoms with Crippen molar-refractivity contribution in [3.8, 4) is 0 Å². The molecule has 2 N–H and O–H groups in total. The fourth-order valence-electron chi connectivity index (χ4n) is 1.44. The lowest BCUT2D eigenvalue weighted by Crippen LogP contribution is -2.45. The second-order valence-electron chi connectivity index (χ2n) is 3.51. The molecule has 0 saturated carbocycles. The van der Waals surface area contributed by atoms with E-state index in [1.54, 1.807) is 0 Å². The van der Waals surface area contributed by atoms with Gasteiger partial charge in [-0.2, -0.15) is 0 Å². The average Bonchev–Trinajstić information content (AvgIpc) is 1.89. The molecule has 1 aliphatic heterocycles. The van der Waals surface area contributed by atoms with Crippen molar-refractivity contribution in [2.45, 2.75) is 32.3 Å². The molecule has 0 amide bonds. The maximum absolute atomic E-state index is 9.91. The third-order valence-electron chi connectivity index (χ3n) is 2.54. The molecule has 0 bridgehead atoms. The Morgan fingerprint density at radius 1 is 1.27 bits per heavy atom. The minimum Gasteiger partial charge on any atom is -0.390 e. The lowest BCUT2D eigenvalue weighted by Gasteiger charge is -2.36. The first-order valence-corrected chi connectivity index (χ1v) is 4.08. The van der Waals surface area contributed by atoms with Crippen LogP contribution in [0.15, 0.2) is 0 Å². The van der Waals surface area contributed by atoms with Gasteiger partial charge in [-0.3, -0.25) is 0 Å². The Balaban J connectivity index is 0.000001000. The predicted molar refractivity (Wildman–Crippen MR) is 49.1 cm³/mol. The Kier molecular flexibility index (Phi) is 4.37. The van der Waals surface area contributed by atoms with Gasteiger partial charge in [-0.05, 0) is 31.8 Å². The third kappa shape index (κ3) is 2.62. The standard InChI is InChI=1S/C8H17NO.ClH/c1-7(2)8(10)3-5-9-6-4-8;/h7,9-10H,3-6H2,1-2H3;1H. The average molecular weight is 180 g/mol. The number of rotatable bonds is 1. The van der Waals surface area contributed by atoms with Gasteiger partial charge in [-0.1, -0.05) is 13.8 Å². The Bertz CT molecular complexity index is 111. The summed E-state index contributed by atoms with van der Waals surface area (Å²) >= 11 is 0. The number of hydrogen-bond donors (Lipinski definition) is 2. The van der Waals surface area contributed by atoms with Crippen molar-refractivity contribution in [3.05, 3.63) is 0 Å². The van der Waals surface area contributed by atoms with Gasteiger partial charge in [0.15, 0.2) is 0 Å². The van der Waals surface area contributed by atoms with Gasteiger partial charge in [0, 0.05) is 0 Å². The predicted octanol–water partition coefficient (Wildman–Crippen LogP) is 1.18. The number of piperidine rings is 1. The molecule has 1 rings (SSSR count). The fraction of sp³-hybridized carbons (Fsp3) is 1.00. The SMILES string of the molecule is CC(C)C1(O)CCNCC1.Cl. The summed E-state index contributed by atoms with van der Waals surface area (Å²) in [6, 6.07) is 0. The van der Waals surface area contributed by atoms with Crippen molar-refractivity contribution in [2.75, 3.05) is 13.1 Å². The molecule has 1 heterocycles. The zero-order valence-corrected chi connectivity index (χ0v) is 8.08. The van der Waals surface area contributed by atoms with E-state index in [2.05, 4.69) is 19.2 Å². The second-order valence-corrected chi connectivity index (χ2v) is 3.51. The molecule has 1 fully saturated rings. The molecule has 0 aromatic carbocycles. The van der Waals surface area contributed by atoms with Gasteiger partial charge in [0.2, 0.25) is 0 Å². The van der Waals surface area contributed by atoms with Crippen LogP contribution in [0.2, 0.25) is 0 Å². The summed E-state index contributed by atoms with van der Waals surface area (Å²) in [5.74, 6) is 0.398. The Morgan fingerprint density at radius 3 is 2.00 bits per heavy atom. The number of hydrogen-bond acceptors (Lipinski definition) is 2. The van der Waals surface area contributed by atoms with Crippen molar-refractivity contribution in [3.63, 3.8) is 0 Å². The minimum absolute atomic E-state index is 0. The van der Waals surface area contributed by atoms with Crippen LogP contribution in [0.1, 0.15) is 26.7 Å². The summed E-state index contributed by atoms with van der Waals surface area (Å²) in [5.41, 5.74) is -0.384. The van der Waals surface area contributed by atoms with Crippen LogP contribution in [-0.4, -0.2) is 23.8 Å². The van der Waals surface area contributed by atoms with Crippen LogP contribution >= 0.6 is 12.4 Å². The van der Waals surface area contributed by atoms with E-state index in [1.807, 2.05) is 0 Å². The van der Waals surface area contributed by atoms with E-state index in [0.29, 0.717) is 5.92 Å². The van der Waals surface area contributed by atoms with Crippen LogP contribution in [0.3, 0.4) is 0 Å². The number of aliphatic hydroxyl groups is 1. The van der Waals surface area contributed by atoms with Crippen molar-refractivity contribution in [1.29, 1.82) is 0 Å².